The van der Waals surface area contributed by atoms with Gasteiger partial charge >= 0.3 is 6.03 Å². The van der Waals surface area contributed by atoms with E-state index in [0.717, 1.165) is 4.90 Å². The Morgan fingerprint density at radius 1 is 1.32 bits per heavy atom. The van der Waals surface area contributed by atoms with E-state index in [1.54, 1.807) is 31.2 Å². The second kappa shape index (κ2) is 6.39. The predicted molar refractivity (Wildman–Crippen MR) is 90.5 cm³/mol. The number of amides is 4. The Kier molecular flexibility index (Phi) is 4.26. The van der Waals surface area contributed by atoms with Gasteiger partial charge in [-0.3, -0.25) is 9.59 Å². The molecule has 0 spiro atoms. The van der Waals surface area contributed by atoms with E-state index in [9.17, 15) is 14.4 Å². The minimum absolute atomic E-state index is 0.00900. The molecule has 0 unspecified atom stereocenters. The molecule has 1 aromatic carbocycles. The molecule has 1 atom stereocenters. The van der Waals surface area contributed by atoms with Crippen LogP contribution < -0.4 is 15.5 Å². The van der Waals surface area contributed by atoms with E-state index in [1.807, 2.05) is 13.8 Å². The minimum Gasteiger partial charge on any atom is -0.447 e. The van der Waals surface area contributed by atoms with Crippen LogP contribution in [0.1, 0.15) is 42.9 Å². The number of hydrogen-bond acceptors (Lipinski definition) is 5. The Hall–Kier alpha value is -3.16. The van der Waals surface area contributed by atoms with E-state index < -0.39 is 18.0 Å². The van der Waals surface area contributed by atoms with Crippen LogP contribution in [0.3, 0.4) is 0 Å². The molecule has 2 heterocycles. The molecule has 1 saturated heterocycles. The van der Waals surface area contributed by atoms with Crippen LogP contribution in [0.5, 0.6) is 0 Å². The number of para-hydroxylation sites is 2. The zero-order chi connectivity index (χ0) is 18.1. The van der Waals surface area contributed by atoms with Crippen LogP contribution in [0, 0.1) is 0 Å². The molecule has 2 N–H and O–H groups in total. The van der Waals surface area contributed by atoms with Gasteiger partial charge in [0.05, 0.1) is 11.4 Å². The number of nitrogens with one attached hydrogen (secondary N) is 2. The van der Waals surface area contributed by atoms with E-state index in [1.165, 1.54) is 6.39 Å². The van der Waals surface area contributed by atoms with Crippen LogP contribution in [-0.4, -0.2) is 28.9 Å². The van der Waals surface area contributed by atoms with Crippen LogP contribution in [0.2, 0.25) is 0 Å². The molecular weight excluding hydrogens is 324 g/mol. The fourth-order valence-electron chi connectivity index (χ4n) is 2.62. The molecule has 25 heavy (non-hydrogen) atoms. The van der Waals surface area contributed by atoms with E-state index in [4.69, 9.17) is 4.42 Å². The summed E-state index contributed by atoms with van der Waals surface area (Å²) in [5.41, 5.74) is 0.815. The van der Waals surface area contributed by atoms with Crippen molar-refractivity contribution in [1.82, 2.24) is 10.3 Å². The average molecular weight is 342 g/mol. The predicted octanol–water partition coefficient (Wildman–Crippen LogP) is 2.50. The number of benzene rings is 1. The lowest BCUT2D eigenvalue weighted by atomic mass is 10.1. The number of urea groups is 1. The van der Waals surface area contributed by atoms with Crippen LogP contribution in [0.4, 0.5) is 16.2 Å². The normalized spacial score (nSPS) is 17.1. The summed E-state index contributed by atoms with van der Waals surface area (Å²) in [6.07, 6.45) is 1.22. The number of nitrogens with zero attached hydrogens (tertiary/aromatic N) is 2. The summed E-state index contributed by atoms with van der Waals surface area (Å²) in [6.45, 7) is 5.38. The summed E-state index contributed by atoms with van der Waals surface area (Å²) >= 11 is 0. The molecule has 0 bridgehead atoms. The lowest BCUT2D eigenvalue weighted by Crippen LogP contribution is -2.32. The van der Waals surface area contributed by atoms with Gasteiger partial charge in [-0.05, 0) is 19.1 Å². The van der Waals surface area contributed by atoms with Gasteiger partial charge < -0.3 is 15.1 Å². The fourth-order valence-corrected chi connectivity index (χ4v) is 2.62. The van der Waals surface area contributed by atoms with Crippen LogP contribution >= 0.6 is 0 Å². The first-order chi connectivity index (χ1) is 11.9. The zero-order valence-electron chi connectivity index (χ0n) is 14.1. The number of carbonyl (C=O) groups excluding carboxylic acids is 3. The monoisotopic (exact) mass is 342 g/mol. The van der Waals surface area contributed by atoms with E-state index in [0.29, 0.717) is 17.1 Å². The molecule has 0 saturated carbocycles. The van der Waals surface area contributed by atoms with Crippen LogP contribution in [0.15, 0.2) is 35.1 Å². The van der Waals surface area contributed by atoms with E-state index in [2.05, 4.69) is 15.6 Å². The molecule has 1 aliphatic rings. The number of hydrogen-bond donors (Lipinski definition) is 2. The molecule has 8 nitrogen and oxygen atoms in total. The highest BCUT2D eigenvalue weighted by Gasteiger charge is 2.37. The van der Waals surface area contributed by atoms with E-state index >= 15 is 0 Å². The molecule has 1 aromatic heterocycles. The molecule has 3 rings (SSSR count). The zero-order valence-corrected chi connectivity index (χ0v) is 14.1. The molecule has 4 amide bonds. The van der Waals surface area contributed by atoms with Crippen molar-refractivity contribution in [3.05, 3.63) is 42.1 Å². The van der Waals surface area contributed by atoms with Gasteiger partial charge in [0.2, 0.25) is 0 Å². The van der Waals surface area contributed by atoms with Gasteiger partial charge in [0.1, 0.15) is 11.8 Å². The van der Waals surface area contributed by atoms with Crippen molar-refractivity contribution in [1.29, 1.82) is 0 Å². The molecule has 0 aliphatic carbocycles. The largest absolute Gasteiger partial charge is 0.447 e. The SMILES string of the molecule is CC(C)c1ocnc1C(=O)Nc1ccccc1N1C(=O)N[C@@H](C)C1=O. The molecule has 1 aliphatic heterocycles. The van der Waals surface area contributed by atoms with Gasteiger partial charge in [0.15, 0.2) is 12.1 Å². The summed E-state index contributed by atoms with van der Waals surface area (Å²) in [4.78, 5) is 41.8. The number of rotatable bonds is 4. The Morgan fingerprint density at radius 2 is 2.04 bits per heavy atom. The number of carbonyl (C=O) groups is 3. The third-order valence-electron chi connectivity index (χ3n) is 3.86. The average Bonchev–Trinajstić information content (AvgIpc) is 3.14. The molecule has 0 radical (unpaired) electrons. The molecule has 130 valence electrons. The number of oxazole rings is 1. The number of aromatic nitrogens is 1. The van der Waals surface area contributed by atoms with Crippen molar-refractivity contribution < 1.29 is 18.8 Å². The first-order valence-corrected chi connectivity index (χ1v) is 7.88. The summed E-state index contributed by atoms with van der Waals surface area (Å²) < 4.78 is 5.26. The second-order valence-corrected chi connectivity index (χ2v) is 6.04. The third-order valence-corrected chi connectivity index (χ3v) is 3.86. The van der Waals surface area contributed by atoms with Gasteiger partial charge in [-0.25, -0.2) is 14.7 Å². The van der Waals surface area contributed by atoms with Gasteiger partial charge in [0, 0.05) is 5.92 Å². The Morgan fingerprint density at radius 3 is 2.68 bits per heavy atom. The highest BCUT2D eigenvalue weighted by molar-refractivity contribution is 6.23. The molecule has 2 aromatic rings. The van der Waals surface area contributed by atoms with Crippen molar-refractivity contribution in [2.75, 3.05) is 10.2 Å². The highest BCUT2D eigenvalue weighted by Crippen LogP contribution is 2.29. The summed E-state index contributed by atoms with van der Waals surface area (Å²) in [6, 6.07) is 5.46. The first kappa shape index (κ1) is 16.7. The fraction of sp³-hybridized carbons (Fsp3) is 0.294. The van der Waals surface area contributed by atoms with Crippen molar-refractivity contribution in [3.8, 4) is 0 Å². The lowest BCUT2D eigenvalue weighted by Gasteiger charge is -2.17. The van der Waals surface area contributed by atoms with Crippen molar-refractivity contribution in [3.63, 3.8) is 0 Å². The Bertz CT molecular complexity index is 843. The van der Waals surface area contributed by atoms with Crippen LogP contribution in [-0.2, 0) is 4.79 Å². The Labute approximate surface area is 144 Å². The minimum atomic E-state index is -0.612. The quantitative estimate of drug-likeness (QED) is 0.831. The van der Waals surface area contributed by atoms with Gasteiger partial charge in [0.25, 0.3) is 11.8 Å². The third kappa shape index (κ3) is 2.98. The first-order valence-electron chi connectivity index (χ1n) is 7.88. The second-order valence-electron chi connectivity index (χ2n) is 6.04. The number of anilines is 2. The summed E-state index contributed by atoms with van der Waals surface area (Å²) in [7, 11) is 0. The topological polar surface area (TPSA) is 105 Å². The van der Waals surface area contributed by atoms with E-state index in [-0.39, 0.29) is 17.5 Å². The summed E-state index contributed by atoms with van der Waals surface area (Å²) in [5.74, 6) is -0.384. The highest BCUT2D eigenvalue weighted by atomic mass is 16.3. The van der Waals surface area contributed by atoms with Gasteiger partial charge in [-0.1, -0.05) is 26.0 Å². The Balaban J connectivity index is 1.92. The lowest BCUT2D eigenvalue weighted by molar-refractivity contribution is -0.117. The van der Waals surface area contributed by atoms with Gasteiger partial charge in [-0.2, -0.15) is 0 Å². The molecule has 1 fully saturated rings. The van der Waals surface area contributed by atoms with Crippen LogP contribution in [0.25, 0.3) is 0 Å². The summed E-state index contributed by atoms with van der Waals surface area (Å²) in [5, 5.41) is 5.25. The maximum absolute atomic E-state index is 12.6. The standard InChI is InChI=1S/C17H18N4O4/c1-9(2)14-13(18-8-25-14)15(22)20-11-6-4-5-7-12(11)21-16(23)10(3)19-17(21)24/h4-10H,1-3H3,(H,19,24)(H,20,22)/t10-/m0/s1. The molecule has 8 heteroatoms. The van der Waals surface area contributed by atoms with Crippen molar-refractivity contribution >= 4 is 29.2 Å². The number of imide groups is 1. The maximum Gasteiger partial charge on any atom is 0.329 e. The maximum atomic E-state index is 12.6. The smallest absolute Gasteiger partial charge is 0.329 e. The van der Waals surface area contributed by atoms with Crippen molar-refractivity contribution in [2.45, 2.75) is 32.7 Å². The van der Waals surface area contributed by atoms with Gasteiger partial charge in [-0.15, -0.1) is 0 Å². The van der Waals surface area contributed by atoms with Crippen molar-refractivity contribution in [2.24, 2.45) is 0 Å². The molecular formula is C17H18N4O4.